The number of halogens is 3. The molecule has 0 aromatic heterocycles. The summed E-state index contributed by atoms with van der Waals surface area (Å²) < 4.78 is 0.774. The summed E-state index contributed by atoms with van der Waals surface area (Å²) in [6, 6.07) is 3.42. The van der Waals surface area contributed by atoms with Crippen molar-refractivity contribution in [3.05, 3.63) is 26.7 Å². The van der Waals surface area contributed by atoms with E-state index in [2.05, 4.69) is 28.2 Å². The highest BCUT2D eigenvalue weighted by molar-refractivity contribution is 9.10. The summed E-state index contributed by atoms with van der Waals surface area (Å²) in [7, 11) is 0. The molecule has 1 aliphatic rings. The molecule has 116 valence electrons. The number of carbonyl (C=O) groups excluding carboxylic acids is 1. The lowest BCUT2D eigenvalue weighted by atomic mass is 9.70. The van der Waals surface area contributed by atoms with E-state index < -0.39 is 5.41 Å². The number of nitrogens with one attached hydrogen (secondary N) is 1. The summed E-state index contributed by atoms with van der Waals surface area (Å²) in [6.45, 7) is 2.55. The fraction of sp³-hybridized carbons (Fsp3) is 0.533. The van der Waals surface area contributed by atoms with Gasteiger partial charge in [-0.15, -0.1) is 0 Å². The summed E-state index contributed by atoms with van der Waals surface area (Å²) in [4.78, 5) is 12.7. The van der Waals surface area contributed by atoms with Crippen molar-refractivity contribution < 1.29 is 4.79 Å². The third kappa shape index (κ3) is 3.73. The smallest absolute Gasteiger partial charge is 0.231 e. The van der Waals surface area contributed by atoms with Gasteiger partial charge in [0, 0.05) is 11.0 Å². The van der Waals surface area contributed by atoms with Gasteiger partial charge in [-0.3, -0.25) is 4.79 Å². The first kappa shape index (κ1) is 17.1. The fourth-order valence-electron chi connectivity index (χ4n) is 2.75. The zero-order valence-corrected chi connectivity index (χ0v) is 15.0. The minimum absolute atomic E-state index is 0.0805. The summed E-state index contributed by atoms with van der Waals surface area (Å²) in [5, 5.41) is 3.71. The number of rotatable bonds is 3. The first-order chi connectivity index (χ1) is 9.88. The van der Waals surface area contributed by atoms with Crippen LogP contribution in [0.3, 0.4) is 0 Å². The van der Waals surface area contributed by atoms with Crippen LogP contribution in [0.4, 0.5) is 5.69 Å². The molecule has 2 rings (SSSR count). The van der Waals surface area contributed by atoms with E-state index in [1.807, 2.05) is 0 Å². The highest BCUT2D eigenvalue weighted by Crippen LogP contribution is 2.41. The lowest BCUT2D eigenvalue weighted by molar-refractivity contribution is -0.127. The lowest BCUT2D eigenvalue weighted by Gasteiger charge is -2.37. The van der Waals surface area contributed by atoms with Gasteiger partial charge in [0.25, 0.3) is 0 Å². The van der Waals surface area contributed by atoms with E-state index in [0.29, 0.717) is 28.2 Å². The van der Waals surface area contributed by atoms with E-state index in [1.54, 1.807) is 12.1 Å². The van der Waals surface area contributed by atoms with Crippen molar-refractivity contribution in [2.75, 3.05) is 11.9 Å². The van der Waals surface area contributed by atoms with E-state index in [1.165, 1.54) is 0 Å². The molecular weight excluding hydrogens is 375 g/mol. The van der Waals surface area contributed by atoms with Gasteiger partial charge in [-0.25, -0.2) is 0 Å². The van der Waals surface area contributed by atoms with Gasteiger partial charge in [0.15, 0.2) is 0 Å². The van der Waals surface area contributed by atoms with Crippen LogP contribution >= 0.6 is 39.1 Å². The lowest BCUT2D eigenvalue weighted by Crippen LogP contribution is -2.44. The number of anilines is 1. The molecule has 1 aromatic rings. The van der Waals surface area contributed by atoms with Gasteiger partial charge in [-0.2, -0.15) is 0 Å². The molecule has 3 N–H and O–H groups in total. The van der Waals surface area contributed by atoms with Gasteiger partial charge in [0.05, 0.1) is 21.1 Å². The van der Waals surface area contributed by atoms with Crippen LogP contribution in [-0.4, -0.2) is 12.5 Å². The van der Waals surface area contributed by atoms with Crippen LogP contribution in [0.1, 0.15) is 32.6 Å². The van der Waals surface area contributed by atoms with Gasteiger partial charge in [0.1, 0.15) is 0 Å². The molecule has 0 atom stereocenters. The number of amides is 1. The molecule has 6 heteroatoms. The third-order valence-corrected chi connectivity index (χ3v) is 5.40. The molecule has 0 bridgehead atoms. The van der Waals surface area contributed by atoms with Crippen molar-refractivity contribution in [1.29, 1.82) is 0 Å². The molecule has 21 heavy (non-hydrogen) atoms. The van der Waals surface area contributed by atoms with E-state index in [9.17, 15) is 4.79 Å². The number of carbonyl (C=O) groups is 1. The van der Waals surface area contributed by atoms with Crippen molar-refractivity contribution in [3.63, 3.8) is 0 Å². The molecule has 1 aliphatic carbocycles. The van der Waals surface area contributed by atoms with E-state index in [4.69, 9.17) is 28.9 Å². The molecule has 0 spiro atoms. The van der Waals surface area contributed by atoms with Crippen molar-refractivity contribution in [2.24, 2.45) is 17.1 Å². The second kappa shape index (κ2) is 6.86. The molecule has 1 saturated carbocycles. The molecule has 0 heterocycles. The van der Waals surface area contributed by atoms with Crippen LogP contribution in [-0.2, 0) is 4.79 Å². The van der Waals surface area contributed by atoms with Gasteiger partial charge < -0.3 is 11.1 Å². The average molecular weight is 394 g/mol. The van der Waals surface area contributed by atoms with Gasteiger partial charge in [0.2, 0.25) is 5.91 Å². The standard InChI is InChI=1S/C15H19BrCl2N2O/c1-9-2-4-15(8-19,5-3-9)14(21)20-13-11(17)6-10(16)7-12(13)18/h6-7,9H,2-5,8,19H2,1H3,(H,20,21). The Morgan fingerprint density at radius 2 is 1.90 bits per heavy atom. The Kier molecular flexibility index (Phi) is 5.58. The highest BCUT2D eigenvalue weighted by Gasteiger charge is 2.40. The monoisotopic (exact) mass is 392 g/mol. The predicted molar refractivity (Wildman–Crippen MR) is 91.9 cm³/mol. The molecular formula is C15H19BrCl2N2O. The third-order valence-electron chi connectivity index (χ3n) is 4.35. The number of nitrogens with two attached hydrogens (primary N) is 1. The molecule has 0 radical (unpaired) electrons. The zero-order chi connectivity index (χ0) is 15.6. The quantitative estimate of drug-likeness (QED) is 0.770. The highest BCUT2D eigenvalue weighted by atomic mass is 79.9. The van der Waals surface area contributed by atoms with Crippen molar-refractivity contribution in [2.45, 2.75) is 32.6 Å². The second-order valence-corrected chi connectivity index (χ2v) is 7.60. The van der Waals surface area contributed by atoms with Crippen LogP contribution in [0.5, 0.6) is 0 Å². The summed E-state index contributed by atoms with van der Waals surface area (Å²) >= 11 is 15.7. The Hall–Kier alpha value is -0.290. The van der Waals surface area contributed by atoms with Crippen molar-refractivity contribution in [1.82, 2.24) is 0 Å². The largest absolute Gasteiger partial charge is 0.329 e. The van der Waals surface area contributed by atoms with E-state index in [-0.39, 0.29) is 5.91 Å². The topological polar surface area (TPSA) is 55.1 Å². The Morgan fingerprint density at radius 1 is 1.38 bits per heavy atom. The maximum atomic E-state index is 12.7. The van der Waals surface area contributed by atoms with Crippen molar-refractivity contribution in [3.8, 4) is 0 Å². The Labute approximate surface area is 143 Å². The van der Waals surface area contributed by atoms with E-state index in [0.717, 1.165) is 30.2 Å². The number of hydrogen-bond donors (Lipinski definition) is 2. The Morgan fingerprint density at radius 3 is 2.38 bits per heavy atom. The van der Waals surface area contributed by atoms with Gasteiger partial charge >= 0.3 is 0 Å². The van der Waals surface area contributed by atoms with Crippen LogP contribution in [0, 0.1) is 11.3 Å². The summed E-state index contributed by atoms with van der Waals surface area (Å²) in [5.41, 5.74) is 5.85. The molecule has 0 unspecified atom stereocenters. The molecule has 3 nitrogen and oxygen atoms in total. The maximum absolute atomic E-state index is 12.7. The number of hydrogen-bond acceptors (Lipinski definition) is 2. The van der Waals surface area contributed by atoms with Crippen LogP contribution in [0.2, 0.25) is 10.0 Å². The van der Waals surface area contributed by atoms with Crippen LogP contribution < -0.4 is 11.1 Å². The molecule has 1 aromatic carbocycles. The second-order valence-electron chi connectivity index (χ2n) is 5.87. The zero-order valence-electron chi connectivity index (χ0n) is 11.9. The predicted octanol–water partition coefficient (Wildman–Crippen LogP) is 4.85. The minimum atomic E-state index is -0.508. The van der Waals surface area contributed by atoms with Gasteiger partial charge in [-0.1, -0.05) is 46.1 Å². The molecule has 1 amide bonds. The Balaban J connectivity index is 2.21. The maximum Gasteiger partial charge on any atom is 0.231 e. The first-order valence-electron chi connectivity index (χ1n) is 7.04. The Bertz CT molecular complexity index is 519. The molecule has 0 saturated heterocycles. The number of benzene rings is 1. The van der Waals surface area contributed by atoms with Gasteiger partial charge in [-0.05, 0) is 43.7 Å². The summed E-state index contributed by atoms with van der Waals surface area (Å²) in [5.74, 6) is 0.570. The average Bonchev–Trinajstić information content (AvgIpc) is 2.43. The van der Waals surface area contributed by atoms with Crippen LogP contribution in [0.25, 0.3) is 0 Å². The summed E-state index contributed by atoms with van der Waals surface area (Å²) in [6.07, 6.45) is 3.66. The normalized spacial score (nSPS) is 25.7. The fourth-order valence-corrected chi connectivity index (χ4v) is 4.05. The van der Waals surface area contributed by atoms with Crippen molar-refractivity contribution >= 4 is 50.7 Å². The SMILES string of the molecule is CC1CCC(CN)(C(=O)Nc2c(Cl)cc(Br)cc2Cl)CC1. The molecule has 1 fully saturated rings. The van der Waals surface area contributed by atoms with E-state index >= 15 is 0 Å². The minimum Gasteiger partial charge on any atom is -0.329 e. The first-order valence-corrected chi connectivity index (χ1v) is 8.59. The van der Waals surface area contributed by atoms with Crippen LogP contribution in [0.15, 0.2) is 16.6 Å². The molecule has 0 aliphatic heterocycles.